The Balaban J connectivity index is 2.23. The van der Waals surface area contributed by atoms with Crippen LogP contribution in [-0.4, -0.2) is 55.6 Å². The molecular formula is C10H23N3. The van der Waals surface area contributed by atoms with Gasteiger partial charge in [-0.3, -0.25) is 0 Å². The summed E-state index contributed by atoms with van der Waals surface area (Å²) >= 11 is 0. The molecule has 1 fully saturated rings. The van der Waals surface area contributed by atoms with Crippen molar-refractivity contribution >= 4 is 0 Å². The van der Waals surface area contributed by atoms with Crippen molar-refractivity contribution in [1.29, 1.82) is 0 Å². The molecule has 3 nitrogen and oxygen atoms in total. The molecule has 0 unspecified atom stereocenters. The highest BCUT2D eigenvalue weighted by Gasteiger charge is 2.20. The van der Waals surface area contributed by atoms with Gasteiger partial charge in [-0.05, 0) is 39.5 Å². The third-order valence-electron chi connectivity index (χ3n) is 3.11. The van der Waals surface area contributed by atoms with Crippen molar-refractivity contribution in [2.75, 3.05) is 39.8 Å². The van der Waals surface area contributed by atoms with Crippen LogP contribution >= 0.6 is 0 Å². The second-order valence-electron chi connectivity index (χ2n) is 3.93. The first-order valence-corrected chi connectivity index (χ1v) is 5.40. The summed E-state index contributed by atoms with van der Waals surface area (Å²) in [5.41, 5.74) is 5.54. The molecule has 0 atom stereocenters. The van der Waals surface area contributed by atoms with Crippen LogP contribution in [0.1, 0.15) is 19.8 Å². The van der Waals surface area contributed by atoms with Gasteiger partial charge in [-0.2, -0.15) is 0 Å². The minimum absolute atomic E-state index is 0.770. The standard InChI is InChI=1S/C10H23N3/c1-3-13-7-4-10(5-8-13)12(2)9-6-11/h10H,3-9,11H2,1-2H3. The first-order valence-electron chi connectivity index (χ1n) is 5.40. The molecule has 0 aromatic carbocycles. The van der Waals surface area contributed by atoms with Gasteiger partial charge in [0, 0.05) is 19.1 Å². The van der Waals surface area contributed by atoms with E-state index in [2.05, 4.69) is 23.8 Å². The van der Waals surface area contributed by atoms with Gasteiger partial charge in [0.25, 0.3) is 0 Å². The minimum Gasteiger partial charge on any atom is -0.329 e. The van der Waals surface area contributed by atoms with Gasteiger partial charge in [0.15, 0.2) is 0 Å². The van der Waals surface area contributed by atoms with E-state index >= 15 is 0 Å². The van der Waals surface area contributed by atoms with Crippen LogP contribution in [0.2, 0.25) is 0 Å². The Morgan fingerprint density at radius 1 is 1.38 bits per heavy atom. The maximum absolute atomic E-state index is 5.54. The number of likely N-dealkylation sites (tertiary alicyclic amines) is 1. The number of nitrogens with two attached hydrogens (primary N) is 1. The lowest BCUT2D eigenvalue weighted by atomic mass is 10.0. The van der Waals surface area contributed by atoms with E-state index in [-0.39, 0.29) is 0 Å². The highest BCUT2D eigenvalue weighted by atomic mass is 15.2. The van der Waals surface area contributed by atoms with Crippen LogP contribution in [0.3, 0.4) is 0 Å². The van der Waals surface area contributed by atoms with Crippen LogP contribution < -0.4 is 5.73 Å². The molecule has 0 radical (unpaired) electrons. The Bertz CT molecular complexity index is 130. The lowest BCUT2D eigenvalue weighted by Gasteiger charge is -2.36. The highest BCUT2D eigenvalue weighted by Crippen LogP contribution is 2.14. The third-order valence-corrected chi connectivity index (χ3v) is 3.11. The molecule has 0 aromatic rings. The molecule has 3 heteroatoms. The van der Waals surface area contributed by atoms with Crippen LogP contribution in [0, 0.1) is 0 Å². The fourth-order valence-corrected chi connectivity index (χ4v) is 2.06. The summed E-state index contributed by atoms with van der Waals surface area (Å²) in [7, 11) is 2.19. The summed E-state index contributed by atoms with van der Waals surface area (Å²) < 4.78 is 0. The van der Waals surface area contributed by atoms with E-state index in [1.54, 1.807) is 0 Å². The molecule has 13 heavy (non-hydrogen) atoms. The molecule has 1 rings (SSSR count). The molecule has 2 N–H and O–H groups in total. The summed E-state index contributed by atoms with van der Waals surface area (Å²) in [4.78, 5) is 4.93. The second kappa shape index (κ2) is 5.58. The number of hydrogen-bond acceptors (Lipinski definition) is 3. The van der Waals surface area contributed by atoms with E-state index in [0.717, 1.165) is 19.1 Å². The zero-order valence-corrected chi connectivity index (χ0v) is 9.00. The van der Waals surface area contributed by atoms with Crippen LogP contribution in [0.15, 0.2) is 0 Å². The van der Waals surface area contributed by atoms with Gasteiger partial charge < -0.3 is 15.5 Å². The van der Waals surface area contributed by atoms with Crippen molar-refractivity contribution in [3.8, 4) is 0 Å². The molecule has 0 bridgehead atoms. The second-order valence-corrected chi connectivity index (χ2v) is 3.93. The molecule has 1 heterocycles. The van der Waals surface area contributed by atoms with Crippen molar-refractivity contribution in [3.63, 3.8) is 0 Å². The lowest BCUT2D eigenvalue weighted by molar-refractivity contribution is 0.134. The van der Waals surface area contributed by atoms with Gasteiger partial charge in [0.05, 0.1) is 0 Å². The zero-order chi connectivity index (χ0) is 9.68. The van der Waals surface area contributed by atoms with Gasteiger partial charge in [0.1, 0.15) is 0 Å². The largest absolute Gasteiger partial charge is 0.329 e. The molecular weight excluding hydrogens is 162 g/mol. The quantitative estimate of drug-likeness (QED) is 0.686. The smallest absolute Gasteiger partial charge is 0.0117 e. The maximum atomic E-state index is 5.54. The zero-order valence-electron chi connectivity index (χ0n) is 9.00. The molecule has 0 aliphatic carbocycles. The molecule has 0 saturated carbocycles. The van der Waals surface area contributed by atoms with E-state index in [4.69, 9.17) is 5.73 Å². The van der Waals surface area contributed by atoms with Crippen LogP contribution in [0.5, 0.6) is 0 Å². The Hall–Kier alpha value is -0.120. The average molecular weight is 185 g/mol. The number of rotatable bonds is 4. The summed E-state index contributed by atoms with van der Waals surface area (Å²) in [5.74, 6) is 0. The fraction of sp³-hybridized carbons (Fsp3) is 1.00. The normalized spacial score (nSPS) is 21.2. The predicted molar refractivity (Wildman–Crippen MR) is 56.8 cm³/mol. The highest BCUT2D eigenvalue weighted by molar-refractivity contribution is 4.77. The van der Waals surface area contributed by atoms with Crippen molar-refractivity contribution in [3.05, 3.63) is 0 Å². The third kappa shape index (κ3) is 3.25. The van der Waals surface area contributed by atoms with E-state index in [0.29, 0.717) is 0 Å². The van der Waals surface area contributed by atoms with Gasteiger partial charge in [0.2, 0.25) is 0 Å². The number of hydrogen-bond donors (Lipinski definition) is 1. The fourth-order valence-electron chi connectivity index (χ4n) is 2.06. The van der Waals surface area contributed by atoms with Gasteiger partial charge >= 0.3 is 0 Å². The molecule has 78 valence electrons. The SMILES string of the molecule is CCN1CCC(N(C)CCN)CC1. The van der Waals surface area contributed by atoms with Crippen LogP contribution in [0.25, 0.3) is 0 Å². The average Bonchev–Trinajstić information content (AvgIpc) is 2.18. The Labute approximate surface area is 81.9 Å². The Kier molecular flexibility index (Phi) is 4.70. The number of piperidine rings is 1. The number of likely N-dealkylation sites (N-methyl/N-ethyl adjacent to an activating group) is 1. The monoisotopic (exact) mass is 185 g/mol. The van der Waals surface area contributed by atoms with Crippen LogP contribution in [-0.2, 0) is 0 Å². The summed E-state index contributed by atoms with van der Waals surface area (Å²) in [6, 6.07) is 0.770. The number of nitrogens with zero attached hydrogens (tertiary/aromatic N) is 2. The van der Waals surface area contributed by atoms with Gasteiger partial charge in [-0.15, -0.1) is 0 Å². The van der Waals surface area contributed by atoms with Crippen molar-refractivity contribution < 1.29 is 0 Å². The molecule has 1 saturated heterocycles. The van der Waals surface area contributed by atoms with Crippen LogP contribution in [0.4, 0.5) is 0 Å². The minimum atomic E-state index is 0.770. The van der Waals surface area contributed by atoms with Gasteiger partial charge in [-0.1, -0.05) is 6.92 Å². The van der Waals surface area contributed by atoms with E-state index < -0.39 is 0 Å². The molecule has 0 amide bonds. The van der Waals surface area contributed by atoms with Gasteiger partial charge in [-0.25, -0.2) is 0 Å². The molecule has 0 spiro atoms. The lowest BCUT2D eigenvalue weighted by Crippen LogP contribution is -2.44. The summed E-state index contributed by atoms with van der Waals surface area (Å²) in [5, 5.41) is 0. The Morgan fingerprint density at radius 2 is 2.00 bits per heavy atom. The summed E-state index contributed by atoms with van der Waals surface area (Å²) in [6.45, 7) is 7.78. The molecule has 1 aliphatic rings. The first-order chi connectivity index (χ1) is 6.27. The van der Waals surface area contributed by atoms with E-state index in [1.165, 1.54) is 32.5 Å². The molecule has 1 aliphatic heterocycles. The maximum Gasteiger partial charge on any atom is 0.0117 e. The van der Waals surface area contributed by atoms with Crippen molar-refractivity contribution in [1.82, 2.24) is 9.80 Å². The first kappa shape index (κ1) is 11.0. The molecule has 0 aromatic heterocycles. The summed E-state index contributed by atoms with van der Waals surface area (Å²) in [6.07, 6.45) is 2.62. The topological polar surface area (TPSA) is 32.5 Å². The van der Waals surface area contributed by atoms with Crippen molar-refractivity contribution in [2.24, 2.45) is 5.73 Å². The van der Waals surface area contributed by atoms with E-state index in [1.807, 2.05) is 0 Å². The Morgan fingerprint density at radius 3 is 2.46 bits per heavy atom. The predicted octanol–water partition coefficient (Wildman–Crippen LogP) is 0.361. The van der Waals surface area contributed by atoms with E-state index in [9.17, 15) is 0 Å². The van der Waals surface area contributed by atoms with Crippen molar-refractivity contribution in [2.45, 2.75) is 25.8 Å².